The van der Waals surface area contributed by atoms with Crippen LogP contribution in [0.25, 0.3) is 0 Å². The zero-order valence-electron chi connectivity index (χ0n) is 7.82. The summed E-state index contributed by atoms with van der Waals surface area (Å²) in [6.45, 7) is 0. The zero-order valence-corrected chi connectivity index (χ0v) is 10.2. The van der Waals surface area contributed by atoms with Gasteiger partial charge in [-0.2, -0.15) is 0 Å². The summed E-state index contributed by atoms with van der Waals surface area (Å²) in [6.07, 6.45) is 2.36. The Hall–Kier alpha value is -0.930. The van der Waals surface area contributed by atoms with E-state index in [0.29, 0.717) is 11.6 Å². The third-order valence-electron chi connectivity index (χ3n) is 1.92. The monoisotopic (exact) mass is 282 g/mol. The molecule has 0 radical (unpaired) electrons. The van der Waals surface area contributed by atoms with Crippen LogP contribution in [0.3, 0.4) is 0 Å². The van der Waals surface area contributed by atoms with Crippen LogP contribution in [-0.2, 0) is 6.42 Å². The first-order valence-corrected chi connectivity index (χ1v) is 5.63. The van der Waals surface area contributed by atoms with E-state index in [2.05, 4.69) is 25.9 Å². The quantitative estimate of drug-likeness (QED) is 0.789. The van der Waals surface area contributed by atoms with Crippen LogP contribution < -0.4 is 0 Å². The minimum atomic E-state index is 0.481. The van der Waals surface area contributed by atoms with E-state index < -0.39 is 0 Å². The largest absolute Gasteiger partial charge is 0.241 e. The number of aromatic nitrogens is 2. The Morgan fingerprint density at radius 2 is 2.13 bits per heavy atom. The van der Waals surface area contributed by atoms with E-state index in [0.717, 1.165) is 15.9 Å². The van der Waals surface area contributed by atoms with E-state index in [9.17, 15) is 0 Å². The fraction of sp³-hybridized carbons (Fsp3) is 0.0909. The number of halogens is 2. The summed E-state index contributed by atoms with van der Waals surface area (Å²) in [5.74, 6) is 0.737. The molecule has 15 heavy (non-hydrogen) atoms. The van der Waals surface area contributed by atoms with Crippen molar-refractivity contribution in [1.29, 1.82) is 0 Å². The van der Waals surface area contributed by atoms with Gasteiger partial charge in [-0.3, -0.25) is 0 Å². The van der Waals surface area contributed by atoms with Crippen LogP contribution in [0, 0.1) is 0 Å². The standard InChI is InChI=1S/C11H8BrClN2/c12-9-3-1-2-8(6-9)7-11-14-5-4-10(13)15-11/h1-6H,7H2. The molecule has 1 aromatic carbocycles. The number of rotatable bonds is 2. The summed E-state index contributed by atoms with van der Waals surface area (Å²) < 4.78 is 1.06. The molecule has 0 bridgehead atoms. The van der Waals surface area contributed by atoms with Gasteiger partial charge in [0.2, 0.25) is 0 Å². The van der Waals surface area contributed by atoms with Crippen molar-refractivity contribution in [3.63, 3.8) is 0 Å². The summed E-state index contributed by atoms with van der Waals surface area (Å²) in [5, 5.41) is 0.481. The molecule has 0 saturated heterocycles. The Morgan fingerprint density at radius 3 is 2.87 bits per heavy atom. The predicted octanol–water partition coefficient (Wildman–Crippen LogP) is 3.48. The van der Waals surface area contributed by atoms with Crippen molar-refractivity contribution in [2.24, 2.45) is 0 Å². The fourth-order valence-electron chi connectivity index (χ4n) is 1.29. The lowest BCUT2D eigenvalue weighted by Gasteiger charge is -2.01. The maximum absolute atomic E-state index is 5.78. The highest BCUT2D eigenvalue weighted by atomic mass is 79.9. The Balaban J connectivity index is 2.22. The van der Waals surface area contributed by atoms with Gasteiger partial charge in [0, 0.05) is 17.1 Å². The van der Waals surface area contributed by atoms with E-state index >= 15 is 0 Å². The smallest absolute Gasteiger partial charge is 0.134 e. The first kappa shape index (κ1) is 10.6. The molecule has 76 valence electrons. The van der Waals surface area contributed by atoms with Gasteiger partial charge in [0.15, 0.2) is 0 Å². The van der Waals surface area contributed by atoms with Crippen molar-refractivity contribution in [3.8, 4) is 0 Å². The Labute approximate surface area is 101 Å². The molecule has 1 heterocycles. The summed E-state index contributed by atoms with van der Waals surface area (Å²) in [5.41, 5.74) is 1.16. The number of hydrogen-bond acceptors (Lipinski definition) is 2. The van der Waals surface area contributed by atoms with E-state index in [4.69, 9.17) is 11.6 Å². The van der Waals surface area contributed by atoms with Gasteiger partial charge in [-0.05, 0) is 23.8 Å². The number of hydrogen-bond donors (Lipinski definition) is 0. The van der Waals surface area contributed by atoms with E-state index in [1.54, 1.807) is 12.3 Å². The normalized spacial score (nSPS) is 10.3. The van der Waals surface area contributed by atoms with Gasteiger partial charge in [0.05, 0.1) is 0 Å². The highest BCUT2D eigenvalue weighted by molar-refractivity contribution is 9.10. The van der Waals surface area contributed by atoms with Gasteiger partial charge in [0.25, 0.3) is 0 Å². The topological polar surface area (TPSA) is 25.8 Å². The highest BCUT2D eigenvalue weighted by Gasteiger charge is 2.00. The molecule has 2 nitrogen and oxygen atoms in total. The number of benzene rings is 1. The molecule has 0 spiro atoms. The van der Waals surface area contributed by atoms with Crippen molar-refractivity contribution < 1.29 is 0 Å². The summed E-state index contributed by atoms with van der Waals surface area (Å²) >= 11 is 9.21. The molecule has 2 rings (SSSR count). The lowest BCUT2D eigenvalue weighted by atomic mass is 10.1. The van der Waals surface area contributed by atoms with Crippen LogP contribution in [0.5, 0.6) is 0 Å². The second-order valence-electron chi connectivity index (χ2n) is 3.10. The molecule has 0 N–H and O–H groups in total. The van der Waals surface area contributed by atoms with Crippen molar-refractivity contribution in [2.45, 2.75) is 6.42 Å². The van der Waals surface area contributed by atoms with Crippen LogP contribution >= 0.6 is 27.5 Å². The van der Waals surface area contributed by atoms with E-state index in [1.165, 1.54) is 0 Å². The van der Waals surface area contributed by atoms with Crippen LogP contribution in [0.15, 0.2) is 41.0 Å². The number of nitrogens with zero attached hydrogens (tertiary/aromatic N) is 2. The van der Waals surface area contributed by atoms with Gasteiger partial charge in [-0.25, -0.2) is 9.97 Å². The second-order valence-corrected chi connectivity index (χ2v) is 4.41. The predicted molar refractivity (Wildman–Crippen MR) is 64.0 cm³/mol. The maximum Gasteiger partial charge on any atom is 0.134 e. The summed E-state index contributed by atoms with van der Waals surface area (Å²) in [4.78, 5) is 8.29. The lowest BCUT2D eigenvalue weighted by Crippen LogP contribution is -1.95. The molecular weight excluding hydrogens is 275 g/mol. The van der Waals surface area contributed by atoms with E-state index in [-0.39, 0.29) is 0 Å². The maximum atomic E-state index is 5.78. The van der Waals surface area contributed by atoms with Crippen molar-refractivity contribution >= 4 is 27.5 Å². The lowest BCUT2D eigenvalue weighted by molar-refractivity contribution is 0.967. The van der Waals surface area contributed by atoms with Crippen molar-refractivity contribution in [2.75, 3.05) is 0 Å². The third kappa shape index (κ3) is 3.01. The molecule has 1 aromatic heterocycles. The summed E-state index contributed by atoms with van der Waals surface area (Å²) in [7, 11) is 0. The Morgan fingerprint density at radius 1 is 1.27 bits per heavy atom. The molecular formula is C11H8BrClN2. The molecule has 0 amide bonds. The Kier molecular flexibility index (Phi) is 3.34. The minimum absolute atomic E-state index is 0.481. The molecule has 4 heteroatoms. The summed E-state index contributed by atoms with van der Waals surface area (Å²) in [6, 6.07) is 9.73. The average Bonchev–Trinajstić information content (AvgIpc) is 2.17. The van der Waals surface area contributed by atoms with Gasteiger partial charge in [-0.1, -0.05) is 39.7 Å². The molecule has 0 atom stereocenters. The van der Waals surface area contributed by atoms with Crippen LogP contribution in [0.2, 0.25) is 5.15 Å². The van der Waals surface area contributed by atoms with Gasteiger partial charge in [-0.15, -0.1) is 0 Å². The van der Waals surface area contributed by atoms with Crippen molar-refractivity contribution in [3.05, 3.63) is 57.5 Å². The van der Waals surface area contributed by atoms with Crippen LogP contribution in [0.4, 0.5) is 0 Å². The molecule has 0 aliphatic heterocycles. The molecule has 2 aromatic rings. The highest BCUT2D eigenvalue weighted by Crippen LogP contribution is 2.14. The van der Waals surface area contributed by atoms with E-state index in [1.807, 2.05) is 24.3 Å². The van der Waals surface area contributed by atoms with Gasteiger partial charge in [0.1, 0.15) is 11.0 Å². The first-order chi connectivity index (χ1) is 7.24. The zero-order chi connectivity index (χ0) is 10.7. The van der Waals surface area contributed by atoms with Crippen molar-refractivity contribution in [1.82, 2.24) is 9.97 Å². The second kappa shape index (κ2) is 4.73. The van der Waals surface area contributed by atoms with Gasteiger partial charge >= 0.3 is 0 Å². The fourth-order valence-corrected chi connectivity index (χ4v) is 1.89. The van der Waals surface area contributed by atoms with Gasteiger partial charge < -0.3 is 0 Å². The molecule has 0 saturated carbocycles. The first-order valence-electron chi connectivity index (χ1n) is 4.46. The molecule has 0 aliphatic rings. The Bertz CT molecular complexity index is 430. The van der Waals surface area contributed by atoms with Crippen LogP contribution in [-0.4, -0.2) is 9.97 Å². The van der Waals surface area contributed by atoms with Crippen LogP contribution in [0.1, 0.15) is 11.4 Å². The molecule has 0 aliphatic carbocycles. The third-order valence-corrected chi connectivity index (χ3v) is 2.63. The SMILES string of the molecule is Clc1ccnc(Cc2cccc(Br)c2)n1. The molecule has 0 unspecified atom stereocenters. The minimum Gasteiger partial charge on any atom is -0.241 e. The molecule has 0 fully saturated rings. The average molecular weight is 284 g/mol.